The maximum atomic E-state index is 11.3. The van der Waals surface area contributed by atoms with Crippen LogP contribution in [0, 0.1) is 19.3 Å². The van der Waals surface area contributed by atoms with E-state index in [0.29, 0.717) is 11.8 Å². The van der Waals surface area contributed by atoms with Crippen LogP contribution in [0.4, 0.5) is 5.82 Å². The molecular formula is C15H22N4O. The predicted molar refractivity (Wildman–Crippen MR) is 77.6 cm³/mol. The van der Waals surface area contributed by atoms with E-state index in [1.807, 2.05) is 6.20 Å². The first-order valence-electron chi connectivity index (χ1n) is 7.40. The molecule has 0 aromatic carbocycles. The number of nitrogens with one attached hydrogen (secondary N) is 1. The van der Waals surface area contributed by atoms with Crippen molar-refractivity contribution in [3.05, 3.63) is 17.3 Å². The van der Waals surface area contributed by atoms with Gasteiger partial charge >= 0.3 is 0 Å². The van der Waals surface area contributed by atoms with Crippen LogP contribution < -0.4 is 10.2 Å². The van der Waals surface area contributed by atoms with E-state index in [2.05, 4.69) is 34.3 Å². The number of hydrogen-bond donors (Lipinski definition) is 1. The van der Waals surface area contributed by atoms with Crippen LogP contribution in [0.3, 0.4) is 0 Å². The lowest BCUT2D eigenvalue weighted by molar-refractivity contribution is -0.124. The Morgan fingerprint density at radius 3 is 2.65 bits per heavy atom. The normalized spacial score (nSPS) is 21.9. The van der Waals surface area contributed by atoms with E-state index < -0.39 is 0 Å². The molecule has 1 N–H and O–H groups in total. The molecule has 5 heteroatoms. The molecule has 108 valence electrons. The van der Waals surface area contributed by atoms with Crippen LogP contribution in [-0.2, 0) is 4.79 Å². The van der Waals surface area contributed by atoms with Gasteiger partial charge in [-0.3, -0.25) is 4.79 Å². The molecule has 0 bridgehead atoms. The standard InChI is InChI=1S/C15H22N4O/c1-11-9-17-18-14(12(11)2)19-7-5-15(6-8-19)4-3-13(20)16-10-15/h9H,3-8,10H2,1-2H3,(H,16,20). The Balaban J connectivity index is 1.69. The Bertz CT molecular complexity index is 509. The van der Waals surface area contributed by atoms with Crippen LogP contribution in [0.15, 0.2) is 6.20 Å². The molecule has 5 nitrogen and oxygen atoms in total. The molecule has 3 rings (SSSR count). The summed E-state index contributed by atoms with van der Waals surface area (Å²) < 4.78 is 0. The monoisotopic (exact) mass is 274 g/mol. The van der Waals surface area contributed by atoms with Crippen molar-refractivity contribution in [3.63, 3.8) is 0 Å². The Labute approximate surface area is 119 Å². The minimum Gasteiger partial charge on any atom is -0.356 e. The van der Waals surface area contributed by atoms with Gasteiger partial charge in [-0.1, -0.05) is 0 Å². The smallest absolute Gasteiger partial charge is 0.220 e. The van der Waals surface area contributed by atoms with Gasteiger partial charge in [-0.05, 0) is 49.7 Å². The van der Waals surface area contributed by atoms with Gasteiger partial charge in [0.15, 0.2) is 5.82 Å². The fourth-order valence-electron chi connectivity index (χ4n) is 3.28. The van der Waals surface area contributed by atoms with Gasteiger partial charge in [-0.25, -0.2) is 0 Å². The van der Waals surface area contributed by atoms with Gasteiger partial charge in [0.05, 0.1) is 6.20 Å². The van der Waals surface area contributed by atoms with Crippen molar-refractivity contribution in [1.29, 1.82) is 0 Å². The lowest BCUT2D eigenvalue weighted by atomic mass is 9.73. The Morgan fingerprint density at radius 1 is 1.25 bits per heavy atom. The number of piperidine rings is 2. The van der Waals surface area contributed by atoms with Gasteiger partial charge in [0.1, 0.15) is 0 Å². The molecule has 2 aliphatic rings. The third kappa shape index (κ3) is 2.37. The summed E-state index contributed by atoms with van der Waals surface area (Å²) in [5.74, 6) is 1.23. The number of amides is 1. The zero-order valence-corrected chi connectivity index (χ0v) is 12.3. The molecule has 20 heavy (non-hydrogen) atoms. The second kappa shape index (κ2) is 5.04. The molecular weight excluding hydrogens is 252 g/mol. The Hall–Kier alpha value is -1.65. The summed E-state index contributed by atoms with van der Waals surface area (Å²) >= 11 is 0. The first-order chi connectivity index (χ1) is 9.60. The molecule has 0 atom stereocenters. The van der Waals surface area contributed by atoms with Crippen LogP contribution in [0.2, 0.25) is 0 Å². The highest BCUT2D eigenvalue weighted by atomic mass is 16.1. The van der Waals surface area contributed by atoms with E-state index in [0.717, 1.165) is 44.7 Å². The summed E-state index contributed by atoms with van der Waals surface area (Å²) in [6, 6.07) is 0. The molecule has 1 amide bonds. The van der Waals surface area contributed by atoms with E-state index in [4.69, 9.17) is 0 Å². The lowest BCUT2D eigenvalue weighted by Gasteiger charge is -2.44. The number of carbonyl (C=O) groups is 1. The van der Waals surface area contributed by atoms with Gasteiger partial charge in [-0.15, -0.1) is 5.10 Å². The van der Waals surface area contributed by atoms with Crippen molar-refractivity contribution in [2.24, 2.45) is 5.41 Å². The quantitative estimate of drug-likeness (QED) is 0.845. The third-order valence-corrected chi connectivity index (χ3v) is 5.00. The highest BCUT2D eigenvalue weighted by Crippen LogP contribution is 2.38. The molecule has 2 aliphatic heterocycles. The zero-order valence-electron chi connectivity index (χ0n) is 12.3. The van der Waals surface area contributed by atoms with Gasteiger partial charge < -0.3 is 10.2 Å². The first-order valence-corrected chi connectivity index (χ1v) is 7.40. The highest BCUT2D eigenvalue weighted by molar-refractivity contribution is 5.76. The summed E-state index contributed by atoms with van der Waals surface area (Å²) in [5, 5.41) is 11.4. The average molecular weight is 274 g/mol. The second-order valence-corrected chi connectivity index (χ2v) is 6.24. The number of aromatic nitrogens is 2. The van der Waals surface area contributed by atoms with Crippen molar-refractivity contribution >= 4 is 11.7 Å². The molecule has 3 heterocycles. The highest BCUT2D eigenvalue weighted by Gasteiger charge is 2.38. The second-order valence-electron chi connectivity index (χ2n) is 6.24. The summed E-state index contributed by atoms with van der Waals surface area (Å²) in [7, 11) is 0. The minimum atomic E-state index is 0.207. The van der Waals surface area contributed by atoms with E-state index >= 15 is 0 Å². The van der Waals surface area contributed by atoms with E-state index in [1.54, 1.807) is 0 Å². The molecule has 0 saturated carbocycles. The van der Waals surface area contributed by atoms with Crippen LogP contribution in [0.25, 0.3) is 0 Å². The van der Waals surface area contributed by atoms with Gasteiger partial charge in [-0.2, -0.15) is 5.10 Å². The van der Waals surface area contributed by atoms with E-state index in [-0.39, 0.29) is 5.91 Å². The van der Waals surface area contributed by atoms with Gasteiger partial charge in [0.2, 0.25) is 5.91 Å². The molecule has 1 aromatic heterocycles. The fraction of sp³-hybridized carbons (Fsp3) is 0.667. The van der Waals surface area contributed by atoms with Crippen LogP contribution in [0.5, 0.6) is 0 Å². The van der Waals surface area contributed by atoms with E-state index in [9.17, 15) is 4.79 Å². The number of carbonyl (C=O) groups excluding carboxylic acids is 1. The minimum absolute atomic E-state index is 0.207. The van der Waals surface area contributed by atoms with Crippen molar-refractivity contribution in [3.8, 4) is 0 Å². The van der Waals surface area contributed by atoms with Crippen molar-refractivity contribution < 1.29 is 4.79 Å². The molecule has 1 aromatic rings. The molecule has 2 fully saturated rings. The fourth-order valence-corrected chi connectivity index (χ4v) is 3.28. The van der Waals surface area contributed by atoms with Gasteiger partial charge in [0, 0.05) is 26.1 Å². The number of rotatable bonds is 1. The summed E-state index contributed by atoms with van der Waals surface area (Å²) in [6.45, 7) is 7.06. The van der Waals surface area contributed by atoms with E-state index in [1.165, 1.54) is 11.1 Å². The summed E-state index contributed by atoms with van der Waals surface area (Å²) in [4.78, 5) is 13.7. The molecule has 0 aliphatic carbocycles. The summed E-state index contributed by atoms with van der Waals surface area (Å²) in [5.41, 5.74) is 2.74. The van der Waals surface area contributed by atoms with Crippen molar-refractivity contribution in [2.45, 2.75) is 39.5 Å². The van der Waals surface area contributed by atoms with Gasteiger partial charge in [0.25, 0.3) is 0 Å². The van der Waals surface area contributed by atoms with Crippen LogP contribution in [0.1, 0.15) is 36.8 Å². The Kier molecular flexibility index (Phi) is 3.36. The predicted octanol–water partition coefficient (Wildman–Crippen LogP) is 1.59. The van der Waals surface area contributed by atoms with Crippen LogP contribution in [-0.4, -0.2) is 35.7 Å². The number of aryl methyl sites for hydroxylation is 1. The van der Waals surface area contributed by atoms with Crippen LogP contribution >= 0.6 is 0 Å². The SMILES string of the molecule is Cc1cnnc(N2CCC3(CCC(=O)NC3)CC2)c1C. The molecule has 1 spiro atoms. The number of hydrogen-bond acceptors (Lipinski definition) is 4. The maximum absolute atomic E-state index is 11.3. The maximum Gasteiger partial charge on any atom is 0.220 e. The largest absolute Gasteiger partial charge is 0.356 e. The number of anilines is 1. The van der Waals surface area contributed by atoms with Crippen molar-refractivity contribution in [1.82, 2.24) is 15.5 Å². The lowest BCUT2D eigenvalue weighted by Crippen LogP contribution is -2.50. The third-order valence-electron chi connectivity index (χ3n) is 5.00. The topological polar surface area (TPSA) is 58.1 Å². The Morgan fingerprint density at radius 2 is 2.00 bits per heavy atom. The zero-order chi connectivity index (χ0) is 14.2. The average Bonchev–Trinajstić information content (AvgIpc) is 2.47. The first kappa shape index (κ1) is 13.3. The summed E-state index contributed by atoms with van der Waals surface area (Å²) in [6.07, 6.45) is 5.79. The molecule has 0 radical (unpaired) electrons. The van der Waals surface area contributed by atoms with Crippen molar-refractivity contribution in [2.75, 3.05) is 24.5 Å². The number of nitrogens with zero attached hydrogens (tertiary/aromatic N) is 3. The molecule has 0 unspecified atom stereocenters. The molecule has 2 saturated heterocycles.